The molecule has 19 heteroatoms. The van der Waals surface area contributed by atoms with Gasteiger partial charge in [0.1, 0.15) is 29.1 Å². The Kier molecular flexibility index (Phi) is 13.0. The molecule has 4 aliphatic heterocycles. The second-order valence-corrected chi connectivity index (χ2v) is 18.7. The number of piperazine rings is 1. The molecule has 4 N–H and O–H groups in total. The highest BCUT2D eigenvalue weighted by Gasteiger charge is 2.46. The maximum atomic E-state index is 16.3. The van der Waals surface area contributed by atoms with E-state index < -0.39 is 70.0 Å². The highest BCUT2D eigenvalue weighted by molar-refractivity contribution is 6.25. The van der Waals surface area contributed by atoms with Crippen LogP contribution in [0.1, 0.15) is 89.8 Å². The normalized spacial score (nSPS) is 19.0. The van der Waals surface area contributed by atoms with Gasteiger partial charge < -0.3 is 25.5 Å². The zero-order valence-electron chi connectivity index (χ0n) is 39.4. The Hall–Kier alpha value is -7.54. The number of phenols is 1. The van der Waals surface area contributed by atoms with Crippen LogP contribution in [0.4, 0.5) is 25.1 Å². The Morgan fingerprint density at radius 3 is 2.40 bits per heavy atom. The first-order chi connectivity index (χ1) is 33.5. The average Bonchev–Trinajstić information content (AvgIpc) is 3.57. The largest absolute Gasteiger partial charge is 0.507 e. The number of aromatic nitrogens is 3. The summed E-state index contributed by atoms with van der Waals surface area (Å²) in [5.41, 5.74) is 1.96. The van der Waals surface area contributed by atoms with Crippen molar-refractivity contribution in [3.63, 3.8) is 0 Å². The second-order valence-electron chi connectivity index (χ2n) is 18.7. The zero-order valence-corrected chi connectivity index (χ0v) is 39.4. The number of anilines is 2. The average molecular weight is 957 g/mol. The molecule has 1 unspecified atom stereocenters. The molecule has 9 rings (SSSR count). The van der Waals surface area contributed by atoms with Gasteiger partial charge in [0.05, 0.1) is 33.5 Å². The number of carbonyl (C=O) groups excluding carboxylic acids is 5. The van der Waals surface area contributed by atoms with Gasteiger partial charge in [0, 0.05) is 64.3 Å². The van der Waals surface area contributed by atoms with E-state index in [-0.39, 0.29) is 65.4 Å². The summed E-state index contributed by atoms with van der Waals surface area (Å²) in [6.45, 7) is 15.1. The summed E-state index contributed by atoms with van der Waals surface area (Å²) < 4.78 is 33.0. The molecular formula is C51H54F2N10O7. The molecule has 2 aromatic heterocycles. The van der Waals surface area contributed by atoms with Gasteiger partial charge in [-0.15, -0.1) is 6.58 Å². The van der Waals surface area contributed by atoms with E-state index in [9.17, 15) is 33.9 Å². The van der Waals surface area contributed by atoms with Crippen LogP contribution < -0.4 is 31.4 Å². The van der Waals surface area contributed by atoms with E-state index in [2.05, 4.69) is 37.4 Å². The van der Waals surface area contributed by atoms with E-state index in [4.69, 9.17) is 0 Å². The fourth-order valence-electron chi connectivity index (χ4n) is 10.3. The number of pyridine rings is 1. The van der Waals surface area contributed by atoms with Crippen LogP contribution in [0, 0.1) is 18.6 Å². The summed E-state index contributed by atoms with van der Waals surface area (Å²) >= 11 is 0. The number of hydrogen-bond acceptors (Lipinski definition) is 12. The van der Waals surface area contributed by atoms with Gasteiger partial charge in [-0.2, -0.15) is 4.98 Å². The van der Waals surface area contributed by atoms with Crippen LogP contribution in [0.3, 0.4) is 0 Å². The van der Waals surface area contributed by atoms with Crippen molar-refractivity contribution in [3.8, 4) is 22.7 Å². The number of fused-ring (bicyclic) bond motifs is 2. The predicted octanol–water partition coefficient (Wildman–Crippen LogP) is 5.43. The number of benzene rings is 3. The first kappa shape index (κ1) is 47.5. The Labute approximate surface area is 402 Å². The highest BCUT2D eigenvalue weighted by atomic mass is 19.1. The number of phenolic OH excluding ortho intramolecular Hbond substituents is 1. The molecule has 3 fully saturated rings. The molecule has 3 aromatic carbocycles. The monoisotopic (exact) mass is 956 g/mol. The molecule has 2 atom stereocenters. The van der Waals surface area contributed by atoms with Gasteiger partial charge in [-0.1, -0.05) is 44.2 Å². The molecular weight excluding hydrogens is 903 g/mol. The minimum Gasteiger partial charge on any atom is -0.507 e. The van der Waals surface area contributed by atoms with Gasteiger partial charge >= 0.3 is 11.7 Å². The fourth-order valence-corrected chi connectivity index (χ4v) is 10.3. The number of nitrogens with one attached hydrogen (secondary N) is 3. The van der Waals surface area contributed by atoms with Crippen LogP contribution in [-0.2, 0) is 16.1 Å². The number of imide groups is 2. The molecule has 17 nitrogen and oxygen atoms in total. The number of hydrogen-bond donors (Lipinski definition) is 4. The number of aromatic hydroxyl groups is 1. The molecule has 0 saturated carbocycles. The fraction of sp³-hybridized carbons (Fsp3) is 0.373. The Bertz CT molecular complexity index is 3040. The van der Waals surface area contributed by atoms with E-state index in [0.717, 1.165) is 16.5 Å². The summed E-state index contributed by atoms with van der Waals surface area (Å²) in [6, 6.07) is 11.8. The molecule has 3 saturated heterocycles. The number of amides is 6. The lowest BCUT2D eigenvalue weighted by atomic mass is 9.94. The summed E-state index contributed by atoms with van der Waals surface area (Å²) in [5, 5.41) is 19.2. The Morgan fingerprint density at radius 2 is 1.70 bits per heavy atom. The van der Waals surface area contributed by atoms with Gasteiger partial charge in [-0.25, -0.2) is 27.9 Å². The van der Waals surface area contributed by atoms with Crippen molar-refractivity contribution in [1.82, 2.24) is 40.3 Å². The number of carbonyl (C=O) groups is 5. The quantitative estimate of drug-likeness (QED) is 0.0968. The highest BCUT2D eigenvalue weighted by Crippen LogP contribution is 2.39. The van der Waals surface area contributed by atoms with Gasteiger partial charge in [-0.05, 0) is 86.1 Å². The van der Waals surface area contributed by atoms with Crippen LogP contribution in [0.15, 0.2) is 72.0 Å². The van der Waals surface area contributed by atoms with E-state index in [1.165, 1.54) is 22.8 Å². The lowest BCUT2D eigenvalue weighted by Crippen LogP contribution is -2.54. The third kappa shape index (κ3) is 8.73. The van der Waals surface area contributed by atoms with Gasteiger partial charge in [0.15, 0.2) is 11.5 Å². The summed E-state index contributed by atoms with van der Waals surface area (Å²) in [5.74, 6) is -4.52. The SMILES string of the molecule is C=CCN1CCN(c2nc(=O)n(-c3c(C)cc(CNC(=O)NC4CCN(c5cccc6c5C(=O)N(C5CCC(=O)NC5=O)C6=O)CC4)cc3C(C)C)c3nc(-c4c(O)cccc4F)c(F)cc23)[C@@H](C)C1. The van der Waals surface area contributed by atoms with Gasteiger partial charge in [-0.3, -0.25) is 34.3 Å². The number of nitrogens with zero attached hydrogens (tertiary/aromatic N) is 7. The van der Waals surface area contributed by atoms with Crippen molar-refractivity contribution in [2.45, 2.75) is 84.0 Å². The topological polar surface area (TPSA) is 202 Å². The van der Waals surface area contributed by atoms with Crippen molar-refractivity contribution < 1.29 is 37.9 Å². The third-order valence-electron chi connectivity index (χ3n) is 13.7. The van der Waals surface area contributed by atoms with Crippen molar-refractivity contribution in [2.75, 3.05) is 49.1 Å². The molecule has 0 radical (unpaired) electrons. The third-order valence-corrected chi connectivity index (χ3v) is 13.7. The molecule has 70 heavy (non-hydrogen) atoms. The molecule has 4 aliphatic rings. The minimum absolute atomic E-state index is 0.0233. The van der Waals surface area contributed by atoms with Crippen molar-refractivity contribution >= 4 is 52.2 Å². The van der Waals surface area contributed by atoms with Crippen LogP contribution in [0.2, 0.25) is 0 Å². The zero-order chi connectivity index (χ0) is 49.7. The molecule has 0 spiro atoms. The molecule has 6 amide bonds. The van der Waals surface area contributed by atoms with Crippen LogP contribution in [0.25, 0.3) is 28.0 Å². The predicted molar refractivity (Wildman–Crippen MR) is 258 cm³/mol. The van der Waals surface area contributed by atoms with Crippen LogP contribution in [0.5, 0.6) is 5.75 Å². The van der Waals surface area contributed by atoms with Gasteiger partial charge in [0.25, 0.3) is 11.8 Å². The Morgan fingerprint density at radius 1 is 0.943 bits per heavy atom. The lowest BCUT2D eigenvalue weighted by Gasteiger charge is -2.40. The van der Waals surface area contributed by atoms with Crippen LogP contribution >= 0.6 is 0 Å². The van der Waals surface area contributed by atoms with E-state index in [1.54, 1.807) is 18.2 Å². The standard InChI is InChI=1S/C51H54F2N10O7/c1-6-17-59-20-21-61(29(5)26-59)45-34-24-36(53)43(42-35(52)10-8-12-39(42)64)57-46(34)63(51(70)58-45)44-28(4)22-30(23-33(44)27(2)3)25-54-50(69)55-31-15-18-60(19-16-31)37-11-7-9-32-41(37)49(68)62(48(32)67)38-13-14-40(65)56-47(38)66/h6-12,22-24,27,29,31,38,64H,1,13-21,25-26H2,2-5H3,(H2,54,55,69)(H,56,65,66)/t29-,38?/m0/s1. The number of urea groups is 1. The maximum Gasteiger partial charge on any atom is 0.355 e. The van der Waals surface area contributed by atoms with Crippen LogP contribution in [-0.4, -0.2) is 116 Å². The molecule has 6 heterocycles. The van der Waals surface area contributed by atoms with E-state index in [0.29, 0.717) is 74.6 Å². The summed E-state index contributed by atoms with van der Waals surface area (Å²) in [4.78, 5) is 95.8. The molecule has 0 aliphatic carbocycles. The molecule has 364 valence electrons. The first-order valence-electron chi connectivity index (χ1n) is 23.5. The number of piperidine rings is 2. The minimum atomic E-state index is -1.07. The summed E-state index contributed by atoms with van der Waals surface area (Å²) in [6.07, 6.45) is 2.98. The Balaban J connectivity index is 0.941. The van der Waals surface area contributed by atoms with E-state index in [1.807, 2.05) is 55.7 Å². The molecule has 5 aromatic rings. The van der Waals surface area contributed by atoms with Crippen molar-refractivity contribution in [2.24, 2.45) is 0 Å². The lowest BCUT2D eigenvalue weighted by molar-refractivity contribution is -0.136. The second kappa shape index (κ2) is 19.1. The van der Waals surface area contributed by atoms with Crippen molar-refractivity contribution in [3.05, 3.63) is 117 Å². The van der Waals surface area contributed by atoms with E-state index >= 15 is 8.78 Å². The molecule has 0 bridgehead atoms. The first-order valence-corrected chi connectivity index (χ1v) is 23.5. The van der Waals surface area contributed by atoms with Gasteiger partial charge in [0.2, 0.25) is 11.8 Å². The smallest absolute Gasteiger partial charge is 0.355 e. The number of rotatable bonds is 11. The number of halogens is 2. The summed E-state index contributed by atoms with van der Waals surface area (Å²) in [7, 11) is 0. The maximum absolute atomic E-state index is 16.3. The van der Waals surface area contributed by atoms with Crippen molar-refractivity contribution in [1.29, 1.82) is 0 Å². The number of aryl methyl sites for hydroxylation is 1.